The lowest BCUT2D eigenvalue weighted by molar-refractivity contribution is 0.154. The molecule has 0 saturated carbocycles. The number of nitrogens with two attached hydrogens (primary N) is 1. The molecule has 0 spiro atoms. The predicted octanol–water partition coefficient (Wildman–Crippen LogP) is 1.40. The van der Waals surface area contributed by atoms with E-state index in [9.17, 15) is 0 Å². The van der Waals surface area contributed by atoms with Crippen LogP contribution in [-0.2, 0) is 11.3 Å². The first-order valence-electron chi connectivity index (χ1n) is 5.80. The number of aromatic nitrogens is 1. The minimum Gasteiger partial charge on any atom is -0.380 e. The standard InChI is InChI=1S/C12H21N3O/c1-3-15(8-9-16-4-2)12-7-5-6-11(10-13)14-12/h5-7H,3-4,8-10,13H2,1-2H3. The number of likely N-dealkylation sites (N-methyl/N-ethyl adjacent to an activating group) is 1. The molecule has 0 amide bonds. The summed E-state index contributed by atoms with van der Waals surface area (Å²) in [5, 5.41) is 0. The van der Waals surface area contributed by atoms with Crippen molar-refractivity contribution in [3.8, 4) is 0 Å². The van der Waals surface area contributed by atoms with Crippen LogP contribution in [0.4, 0.5) is 5.82 Å². The van der Waals surface area contributed by atoms with Crippen molar-refractivity contribution in [1.82, 2.24) is 4.98 Å². The first-order valence-corrected chi connectivity index (χ1v) is 5.80. The third-order valence-corrected chi connectivity index (χ3v) is 2.42. The largest absolute Gasteiger partial charge is 0.380 e. The third kappa shape index (κ3) is 3.79. The number of ether oxygens (including phenoxy) is 1. The van der Waals surface area contributed by atoms with Crippen molar-refractivity contribution in [2.24, 2.45) is 5.73 Å². The van der Waals surface area contributed by atoms with Gasteiger partial charge in [0.05, 0.1) is 12.3 Å². The van der Waals surface area contributed by atoms with Crippen molar-refractivity contribution in [2.45, 2.75) is 20.4 Å². The molecule has 0 bridgehead atoms. The Morgan fingerprint density at radius 1 is 1.38 bits per heavy atom. The van der Waals surface area contributed by atoms with E-state index in [2.05, 4.69) is 16.8 Å². The van der Waals surface area contributed by atoms with Crippen LogP contribution in [0.5, 0.6) is 0 Å². The van der Waals surface area contributed by atoms with E-state index in [4.69, 9.17) is 10.5 Å². The molecule has 2 N–H and O–H groups in total. The topological polar surface area (TPSA) is 51.4 Å². The fraction of sp³-hybridized carbons (Fsp3) is 0.583. The number of anilines is 1. The molecule has 0 unspecified atom stereocenters. The van der Waals surface area contributed by atoms with Crippen LogP contribution in [0.2, 0.25) is 0 Å². The van der Waals surface area contributed by atoms with Gasteiger partial charge in [-0.25, -0.2) is 4.98 Å². The van der Waals surface area contributed by atoms with Gasteiger partial charge in [0.1, 0.15) is 5.82 Å². The van der Waals surface area contributed by atoms with Gasteiger partial charge in [-0.05, 0) is 26.0 Å². The monoisotopic (exact) mass is 223 g/mol. The zero-order valence-corrected chi connectivity index (χ0v) is 10.1. The quantitative estimate of drug-likeness (QED) is 0.710. The smallest absolute Gasteiger partial charge is 0.128 e. The maximum absolute atomic E-state index is 5.58. The summed E-state index contributed by atoms with van der Waals surface area (Å²) in [6.07, 6.45) is 0. The molecule has 4 nitrogen and oxygen atoms in total. The lowest BCUT2D eigenvalue weighted by Gasteiger charge is -2.22. The van der Waals surface area contributed by atoms with E-state index < -0.39 is 0 Å². The predicted molar refractivity (Wildman–Crippen MR) is 66.5 cm³/mol. The van der Waals surface area contributed by atoms with Crippen LogP contribution in [0.1, 0.15) is 19.5 Å². The fourth-order valence-electron chi connectivity index (χ4n) is 1.51. The van der Waals surface area contributed by atoms with Gasteiger partial charge >= 0.3 is 0 Å². The molecule has 0 aliphatic rings. The average Bonchev–Trinajstić information content (AvgIpc) is 2.35. The summed E-state index contributed by atoms with van der Waals surface area (Å²) in [7, 11) is 0. The van der Waals surface area contributed by atoms with E-state index in [1.54, 1.807) is 0 Å². The number of pyridine rings is 1. The summed E-state index contributed by atoms with van der Waals surface area (Å²) in [5.74, 6) is 0.977. The molecule has 0 radical (unpaired) electrons. The highest BCUT2D eigenvalue weighted by molar-refractivity contribution is 5.39. The summed E-state index contributed by atoms with van der Waals surface area (Å²) < 4.78 is 5.35. The SMILES string of the molecule is CCOCCN(CC)c1cccc(CN)n1. The molecule has 0 aromatic carbocycles. The van der Waals surface area contributed by atoms with Crippen LogP contribution in [0, 0.1) is 0 Å². The first-order chi connectivity index (χ1) is 7.81. The van der Waals surface area contributed by atoms with Gasteiger partial charge in [0.2, 0.25) is 0 Å². The molecule has 1 aromatic rings. The van der Waals surface area contributed by atoms with E-state index in [1.165, 1.54) is 0 Å². The van der Waals surface area contributed by atoms with Crippen molar-refractivity contribution in [3.63, 3.8) is 0 Å². The van der Waals surface area contributed by atoms with Crippen LogP contribution in [0.3, 0.4) is 0 Å². The van der Waals surface area contributed by atoms with Gasteiger partial charge in [-0.15, -0.1) is 0 Å². The molecular weight excluding hydrogens is 202 g/mol. The molecule has 0 atom stereocenters. The minimum atomic E-state index is 0.483. The van der Waals surface area contributed by atoms with Gasteiger partial charge in [-0.2, -0.15) is 0 Å². The summed E-state index contributed by atoms with van der Waals surface area (Å²) in [4.78, 5) is 6.68. The normalized spacial score (nSPS) is 10.4. The van der Waals surface area contributed by atoms with Gasteiger partial charge in [0.25, 0.3) is 0 Å². The molecule has 1 heterocycles. The van der Waals surface area contributed by atoms with Crippen molar-refractivity contribution < 1.29 is 4.74 Å². The van der Waals surface area contributed by atoms with Crippen molar-refractivity contribution >= 4 is 5.82 Å². The first kappa shape index (κ1) is 12.9. The maximum Gasteiger partial charge on any atom is 0.128 e. The number of hydrogen-bond donors (Lipinski definition) is 1. The van der Waals surface area contributed by atoms with Crippen molar-refractivity contribution in [3.05, 3.63) is 23.9 Å². The highest BCUT2D eigenvalue weighted by Crippen LogP contribution is 2.10. The Kier molecular flexibility index (Phi) is 5.82. The van der Waals surface area contributed by atoms with Crippen LogP contribution in [-0.4, -0.2) is 31.3 Å². The van der Waals surface area contributed by atoms with Gasteiger partial charge in [0, 0.05) is 26.2 Å². The Morgan fingerprint density at radius 3 is 2.81 bits per heavy atom. The molecular formula is C12H21N3O. The number of rotatable bonds is 7. The Labute approximate surface area is 97.4 Å². The van der Waals surface area contributed by atoms with Gasteiger partial charge < -0.3 is 15.4 Å². The Hall–Kier alpha value is -1.13. The van der Waals surface area contributed by atoms with E-state index in [1.807, 2.05) is 25.1 Å². The van der Waals surface area contributed by atoms with Crippen LogP contribution in [0.15, 0.2) is 18.2 Å². The van der Waals surface area contributed by atoms with Gasteiger partial charge in [0.15, 0.2) is 0 Å². The molecule has 0 fully saturated rings. The summed E-state index contributed by atoms with van der Waals surface area (Å²) in [6.45, 7) is 7.88. The van der Waals surface area contributed by atoms with Gasteiger partial charge in [-0.3, -0.25) is 0 Å². The zero-order chi connectivity index (χ0) is 11.8. The second kappa shape index (κ2) is 7.19. The van der Waals surface area contributed by atoms with Crippen molar-refractivity contribution in [1.29, 1.82) is 0 Å². The minimum absolute atomic E-state index is 0.483. The maximum atomic E-state index is 5.58. The van der Waals surface area contributed by atoms with E-state index in [0.717, 1.165) is 37.8 Å². The summed E-state index contributed by atoms with van der Waals surface area (Å²) >= 11 is 0. The molecule has 1 aromatic heterocycles. The summed E-state index contributed by atoms with van der Waals surface area (Å²) in [5.41, 5.74) is 6.50. The highest BCUT2D eigenvalue weighted by atomic mass is 16.5. The number of nitrogens with zero attached hydrogens (tertiary/aromatic N) is 2. The third-order valence-electron chi connectivity index (χ3n) is 2.42. The molecule has 16 heavy (non-hydrogen) atoms. The van der Waals surface area contributed by atoms with Crippen LogP contribution < -0.4 is 10.6 Å². The second-order valence-electron chi connectivity index (χ2n) is 3.47. The number of hydrogen-bond acceptors (Lipinski definition) is 4. The van der Waals surface area contributed by atoms with Crippen molar-refractivity contribution in [2.75, 3.05) is 31.2 Å². The van der Waals surface area contributed by atoms with Crippen LogP contribution in [0.25, 0.3) is 0 Å². The second-order valence-corrected chi connectivity index (χ2v) is 3.47. The molecule has 1 rings (SSSR count). The average molecular weight is 223 g/mol. The van der Waals surface area contributed by atoms with E-state index in [-0.39, 0.29) is 0 Å². The van der Waals surface area contributed by atoms with Crippen LogP contribution >= 0.6 is 0 Å². The Bertz CT molecular complexity index is 304. The molecule has 4 heteroatoms. The van der Waals surface area contributed by atoms with E-state index >= 15 is 0 Å². The Balaban J connectivity index is 2.62. The molecule has 90 valence electrons. The lowest BCUT2D eigenvalue weighted by Crippen LogP contribution is -2.28. The summed E-state index contributed by atoms with van der Waals surface area (Å²) in [6, 6.07) is 5.95. The van der Waals surface area contributed by atoms with E-state index in [0.29, 0.717) is 6.54 Å². The fourth-order valence-corrected chi connectivity index (χ4v) is 1.51. The molecule has 0 aliphatic heterocycles. The zero-order valence-electron chi connectivity index (χ0n) is 10.1. The lowest BCUT2D eigenvalue weighted by atomic mass is 10.3. The highest BCUT2D eigenvalue weighted by Gasteiger charge is 2.05. The van der Waals surface area contributed by atoms with Gasteiger partial charge in [-0.1, -0.05) is 6.07 Å². The molecule has 0 saturated heterocycles. The Morgan fingerprint density at radius 2 is 2.19 bits per heavy atom. The molecule has 0 aliphatic carbocycles.